The first kappa shape index (κ1) is 30.8. The van der Waals surface area contributed by atoms with Crippen LogP contribution in [-0.2, 0) is 0 Å². The highest BCUT2D eigenvalue weighted by Crippen LogP contribution is 2.26. The summed E-state index contributed by atoms with van der Waals surface area (Å²) in [5.41, 5.74) is 4.25. The number of hydrogen-bond donors (Lipinski definition) is 0. The molecule has 0 saturated heterocycles. The summed E-state index contributed by atoms with van der Waals surface area (Å²) >= 11 is 13.6. The average molecular weight is 774 g/mol. The minimum absolute atomic E-state index is 0.597. The molecule has 0 aromatic heterocycles. The van der Waals surface area contributed by atoms with E-state index < -0.39 is 0 Å². The van der Waals surface area contributed by atoms with Crippen LogP contribution < -0.4 is 18.9 Å². The SMILES string of the molecule is BrCCOc1cc(/C=C/c2ccc(/C=C/c3cc(OCCBr)cc(OCCBr)c3)cc2)cc(OCCBr)c1. The lowest BCUT2D eigenvalue weighted by Gasteiger charge is -2.10. The summed E-state index contributed by atoms with van der Waals surface area (Å²) in [6.07, 6.45) is 8.31. The lowest BCUT2D eigenvalue weighted by molar-refractivity contribution is 0.327. The minimum Gasteiger partial charge on any atom is -0.493 e. The summed E-state index contributed by atoms with van der Waals surface area (Å²) in [4.78, 5) is 0. The van der Waals surface area contributed by atoms with Crippen LogP contribution in [0.15, 0.2) is 60.7 Å². The molecule has 0 heterocycles. The summed E-state index contributed by atoms with van der Waals surface area (Å²) < 4.78 is 23.2. The fourth-order valence-electron chi connectivity index (χ4n) is 3.44. The van der Waals surface area contributed by atoms with Crippen molar-refractivity contribution < 1.29 is 18.9 Å². The minimum atomic E-state index is 0.597. The smallest absolute Gasteiger partial charge is 0.123 e. The van der Waals surface area contributed by atoms with E-state index in [0.717, 1.165) is 66.6 Å². The van der Waals surface area contributed by atoms with Crippen LogP contribution in [0.4, 0.5) is 0 Å². The maximum absolute atomic E-state index is 5.80. The van der Waals surface area contributed by atoms with Crippen molar-refractivity contribution in [2.75, 3.05) is 47.7 Å². The molecule has 0 atom stereocenters. The van der Waals surface area contributed by atoms with Gasteiger partial charge in [0.1, 0.15) is 23.0 Å². The number of halogens is 4. The standard InChI is InChI=1S/C30H30Br4O4/c31-9-13-35-27-17-25(18-28(21-27)36-14-10-32)7-5-23-1-2-24(4-3-23)6-8-26-19-29(37-15-11-33)22-30(20-26)38-16-12-34/h1-8,17-22H,9-16H2/b7-5+,8-6+. The largest absolute Gasteiger partial charge is 0.493 e. The molecule has 0 amide bonds. The number of hydrogen-bond acceptors (Lipinski definition) is 4. The molecule has 0 spiro atoms. The third-order valence-corrected chi connectivity index (χ3v) is 6.36. The van der Waals surface area contributed by atoms with Crippen LogP contribution in [0.2, 0.25) is 0 Å². The van der Waals surface area contributed by atoms with Gasteiger partial charge in [-0.3, -0.25) is 0 Å². The van der Waals surface area contributed by atoms with Gasteiger partial charge >= 0.3 is 0 Å². The highest BCUT2D eigenvalue weighted by Gasteiger charge is 2.04. The molecule has 0 radical (unpaired) electrons. The van der Waals surface area contributed by atoms with Crippen LogP contribution in [-0.4, -0.2) is 47.7 Å². The van der Waals surface area contributed by atoms with Crippen molar-refractivity contribution in [2.45, 2.75) is 0 Å². The number of alkyl halides is 4. The Morgan fingerprint density at radius 3 is 0.921 bits per heavy atom. The van der Waals surface area contributed by atoms with Crippen molar-refractivity contribution in [3.63, 3.8) is 0 Å². The molecule has 0 aliphatic heterocycles. The van der Waals surface area contributed by atoms with E-state index in [9.17, 15) is 0 Å². The summed E-state index contributed by atoms with van der Waals surface area (Å²) in [5, 5.41) is 3.09. The monoisotopic (exact) mass is 770 g/mol. The molecule has 0 saturated carbocycles. The van der Waals surface area contributed by atoms with E-state index in [1.165, 1.54) is 0 Å². The van der Waals surface area contributed by atoms with E-state index in [0.29, 0.717) is 26.4 Å². The van der Waals surface area contributed by atoms with Crippen molar-refractivity contribution in [1.82, 2.24) is 0 Å². The second-order valence-electron chi connectivity index (χ2n) is 7.96. The summed E-state index contributed by atoms with van der Waals surface area (Å²) in [6, 6.07) is 20.3. The van der Waals surface area contributed by atoms with Gasteiger partial charge in [-0.1, -0.05) is 112 Å². The molecule has 0 fully saturated rings. The Kier molecular flexibility index (Phi) is 14.4. The zero-order valence-corrected chi connectivity index (χ0v) is 27.2. The third-order valence-electron chi connectivity index (χ3n) is 5.06. The maximum Gasteiger partial charge on any atom is 0.123 e. The number of benzene rings is 3. The van der Waals surface area contributed by atoms with Gasteiger partial charge < -0.3 is 18.9 Å². The topological polar surface area (TPSA) is 36.9 Å². The molecule has 0 unspecified atom stereocenters. The van der Waals surface area contributed by atoms with Gasteiger partial charge in [-0.25, -0.2) is 0 Å². The van der Waals surface area contributed by atoms with Crippen LogP contribution >= 0.6 is 63.7 Å². The van der Waals surface area contributed by atoms with Crippen LogP contribution in [0.5, 0.6) is 23.0 Å². The van der Waals surface area contributed by atoms with E-state index in [1.807, 2.05) is 36.4 Å². The lowest BCUT2D eigenvalue weighted by Crippen LogP contribution is -2.01. The van der Waals surface area contributed by atoms with Crippen LogP contribution in [0.1, 0.15) is 22.3 Å². The molecule has 0 aliphatic carbocycles. The highest BCUT2D eigenvalue weighted by molar-refractivity contribution is 9.09. The molecular weight excluding hydrogens is 744 g/mol. The van der Waals surface area contributed by atoms with Gasteiger partial charge in [0.2, 0.25) is 0 Å². The molecule has 8 heteroatoms. The van der Waals surface area contributed by atoms with Gasteiger partial charge in [-0.05, 0) is 46.5 Å². The molecule has 3 rings (SSSR count). The van der Waals surface area contributed by atoms with E-state index in [4.69, 9.17) is 18.9 Å². The fraction of sp³-hybridized carbons (Fsp3) is 0.267. The summed E-state index contributed by atoms with van der Waals surface area (Å²) in [7, 11) is 0. The lowest BCUT2D eigenvalue weighted by atomic mass is 10.1. The predicted molar refractivity (Wildman–Crippen MR) is 174 cm³/mol. The van der Waals surface area contributed by atoms with E-state index in [2.05, 4.69) is 112 Å². The third kappa shape index (κ3) is 11.2. The second-order valence-corrected chi connectivity index (χ2v) is 11.1. The molecule has 3 aromatic carbocycles. The van der Waals surface area contributed by atoms with Gasteiger partial charge in [0.25, 0.3) is 0 Å². The normalized spacial score (nSPS) is 11.3. The van der Waals surface area contributed by atoms with Gasteiger partial charge in [0, 0.05) is 33.5 Å². The zero-order valence-electron chi connectivity index (χ0n) is 20.9. The Hall–Kier alpha value is -1.74. The van der Waals surface area contributed by atoms with Crippen LogP contribution in [0.25, 0.3) is 24.3 Å². The molecule has 0 aliphatic rings. The fourth-order valence-corrected chi connectivity index (χ4v) is 4.09. The van der Waals surface area contributed by atoms with Gasteiger partial charge in [0.05, 0.1) is 26.4 Å². The molecule has 38 heavy (non-hydrogen) atoms. The second kappa shape index (κ2) is 17.8. The van der Waals surface area contributed by atoms with Crippen molar-refractivity contribution in [3.05, 3.63) is 82.9 Å². The molecule has 0 N–H and O–H groups in total. The zero-order chi connectivity index (χ0) is 27.0. The van der Waals surface area contributed by atoms with Crippen molar-refractivity contribution >= 4 is 88.0 Å². The number of ether oxygens (including phenoxy) is 4. The Morgan fingerprint density at radius 2 is 0.658 bits per heavy atom. The van der Waals surface area contributed by atoms with Crippen molar-refractivity contribution in [1.29, 1.82) is 0 Å². The van der Waals surface area contributed by atoms with Gasteiger partial charge in [0.15, 0.2) is 0 Å². The van der Waals surface area contributed by atoms with E-state index >= 15 is 0 Å². The van der Waals surface area contributed by atoms with Crippen LogP contribution in [0.3, 0.4) is 0 Å². The van der Waals surface area contributed by atoms with Crippen LogP contribution in [0, 0.1) is 0 Å². The van der Waals surface area contributed by atoms with Crippen molar-refractivity contribution in [2.24, 2.45) is 0 Å². The van der Waals surface area contributed by atoms with E-state index in [1.54, 1.807) is 0 Å². The molecular formula is C30H30Br4O4. The van der Waals surface area contributed by atoms with Crippen molar-refractivity contribution in [3.8, 4) is 23.0 Å². The van der Waals surface area contributed by atoms with E-state index in [-0.39, 0.29) is 0 Å². The first-order valence-corrected chi connectivity index (χ1v) is 16.6. The molecule has 4 nitrogen and oxygen atoms in total. The predicted octanol–water partition coefficient (Wildman–Crippen LogP) is 9.12. The Morgan fingerprint density at radius 1 is 0.395 bits per heavy atom. The summed E-state index contributed by atoms with van der Waals surface area (Å²) in [5.74, 6) is 3.16. The van der Waals surface area contributed by atoms with Gasteiger partial charge in [-0.15, -0.1) is 0 Å². The maximum atomic E-state index is 5.80. The molecule has 0 bridgehead atoms. The van der Waals surface area contributed by atoms with Gasteiger partial charge in [-0.2, -0.15) is 0 Å². The first-order chi connectivity index (χ1) is 18.6. The highest BCUT2D eigenvalue weighted by atomic mass is 79.9. The molecule has 202 valence electrons. The Bertz CT molecular complexity index is 1030. The Labute approximate surface area is 258 Å². The number of rotatable bonds is 16. The Balaban J connectivity index is 1.71. The molecule has 3 aromatic rings. The first-order valence-electron chi connectivity index (χ1n) is 12.1. The quantitative estimate of drug-likeness (QED) is 0.108. The average Bonchev–Trinajstić information content (AvgIpc) is 2.95. The summed E-state index contributed by atoms with van der Waals surface area (Å²) in [6.45, 7) is 2.39.